The number of hydrogen-bond donors (Lipinski definition) is 1. The van der Waals surface area contributed by atoms with E-state index in [4.69, 9.17) is 5.73 Å². The van der Waals surface area contributed by atoms with Crippen LogP contribution in [0.4, 0.5) is 18.9 Å². The average Bonchev–Trinajstić information content (AvgIpc) is 2.38. The topological polar surface area (TPSA) is 29.3 Å². The lowest BCUT2D eigenvalue weighted by molar-refractivity contribution is -0.137. The van der Waals surface area contributed by atoms with Crippen molar-refractivity contribution in [3.63, 3.8) is 0 Å². The summed E-state index contributed by atoms with van der Waals surface area (Å²) in [4.78, 5) is 2.15. The minimum atomic E-state index is -4.30. The van der Waals surface area contributed by atoms with Gasteiger partial charge in [0.05, 0.1) is 11.3 Å². The number of halogens is 4. The van der Waals surface area contributed by atoms with Crippen LogP contribution in [-0.2, 0) is 6.18 Å². The first-order valence-electron chi connectivity index (χ1n) is 6.73. The maximum Gasteiger partial charge on any atom is 0.416 e. The van der Waals surface area contributed by atoms with Gasteiger partial charge in [0.1, 0.15) is 0 Å². The van der Waals surface area contributed by atoms with Gasteiger partial charge in [-0.3, -0.25) is 0 Å². The van der Waals surface area contributed by atoms with E-state index >= 15 is 0 Å². The first-order chi connectivity index (χ1) is 9.41. The maximum atomic E-state index is 12.7. The van der Waals surface area contributed by atoms with Crippen molar-refractivity contribution in [3.05, 3.63) is 28.2 Å². The lowest BCUT2D eigenvalue weighted by Gasteiger charge is -2.35. The molecule has 20 heavy (non-hydrogen) atoms. The number of nitrogens with two attached hydrogens (primary N) is 1. The largest absolute Gasteiger partial charge is 0.416 e. The van der Waals surface area contributed by atoms with E-state index < -0.39 is 11.7 Å². The van der Waals surface area contributed by atoms with Gasteiger partial charge in [-0.05, 0) is 65.9 Å². The average molecular weight is 351 g/mol. The summed E-state index contributed by atoms with van der Waals surface area (Å²) in [5.41, 5.74) is 5.80. The Balaban J connectivity index is 2.16. The number of anilines is 1. The van der Waals surface area contributed by atoms with Crippen molar-refractivity contribution < 1.29 is 13.2 Å². The van der Waals surface area contributed by atoms with Gasteiger partial charge >= 0.3 is 6.18 Å². The summed E-state index contributed by atoms with van der Waals surface area (Å²) in [7, 11) is 0. The predicted octanol–water partition coefficient (Wildman–Crippen LogP) is 4.03. The number of nitrogens with zero attached hydrogens (tertiary/aromatic N) is 1. The van der Waals surface area contributed by atoms with E-state index in [0.29, 0.717) is 16.9 Å². The number of rotatable bonds is 3. The Morgan fingerprint density at radius 1 is 1.35 bits per heavy atom. The van der Waals surface area contributed by atoms with Gasteiger partial charge in [-0.15, -0.1) is 0 Å². The quantitative estimate of drug-likeness (QED) is 0.891. The lowest BCUT2D eigenvalue weighted by atomic mass is 9.94. The van der Waals surface area contributed by atoms with Crippen LogP contribution in [0.1, 0.15) is 24.8 Å². The summed E-state index contributed by atoms with van der Waals surface area (Å²) in [6.45, 7) is 2.40. The third kappa shape index (κ3) is 3.67. The van der Waals surface area contributed by atoms with Crippen molar-refractivity contribution >= 4 is 21.6 Å². The number of piperidine rings is 1. The van der Waals surface area contributed by atoms with Crippen LogP contribution < -0.4 is 10.6 Å². The second-order valence-corrected chi connectivity index (χ2v) is 6.05. The van der Waals surface area contributed by atoms with Crippen LogP contribution in [0.25, 0.3) is 0 Å². The highest BCUT2D eigenvalue weighted by Crippen LogP contribution is 2.36. The molecule has 1 saturated heterocycles. The van der Waals surface area contributed by atoms with Crippen LogP contribution in [0, 0.1) is 5.92 Å². The van der Waals surface area contributed by atoms with E-state index in [1.54, 1.807) is 6.07 Å². The Morgan fingerprint density at radius 3 is 2.70 bits per heavy atom. The molecule has 2 nitrogen and oxygen atoms in total. The van der Waals surface area contributed by atoms with Crippen LogP contribution in [-0.4, -0.2) is 19.6 Å². The molecular formula is C14H18BrF3N2. The minimum absolute atomic E-state index is 0.501. The molecule has 1 unspecified atom stereocenters. The molecule has 0 radical (unpaired) electrons. The SMILES string of the molecule is NCCC1CCCN(c2ccc(C(F)(F)F)cc2Br)C1. The zero-order valence-corrected chi connectivity index (χ0v) is 12.7. The highest BCUT2D eigenvalue weighted by atomic mass is 79.9. The van der Waals surface area contributed by atoms with Gasteiger partial charge in [-0.1, -0.05) is 0 Å². The molecule has 0 aliphatic carbocycles. The molecule has 0 amide bonds. The molecule has 0 spiro atoms. The fraction of sp³-hybridized carbons (Fsp3) is 0.571. The van der Waals surface area contributed by atoms with Crippen LogP contribution in [0.5, 0.6) is 0 Å². The zero-order chi connectivity index (χ0) is 14.8. The van der Waals surface area contributed by atoms with Crippen molar-refractivity contribution in [1.29, 1.82) is 0 Å². The standard InChI is InChI=1S/C14H18BrF3N2/c15-12-8-11(14(16,17)18)3-4-13(12)20-7-1-2-10(9-20)5-6-19/h3-4,8,10H,1-2,5-7,9,19H2. The van der Waals surface area contributed by atoms with E-state index in [1.807, 2.05) is 0 Å². The van der Waals surface area contributed by atoms with Crippen molar-refractivity contribution in [2.24, 2.45) is 11.7 Å². The minimum Gasteiger partial charge on any atom is -0.370 e. The van der Waals surface area contributed by atoms with Gasteiger partial charge in [0.2, 0.25) is 0 Å². The molecule has 1 fully saturated rings. The van der Waals surface area contributed by atoms with Gasteiger partial charge in [0, 0.05) is 17.6 Å². The van der Waals surface area contributed by atoms with Gasteiger partial charge in [0.25, 0.3) is 0 Å². The van der Waals surface area contributed by atoms with Crippen LogP contribution >= 0.6 is 15.9 Å². The molecule has 1 aromatic carbocycles. The van der Waals surface area contributed by atoms with Crippen molar-refractivity contribution in [2.45, 2.75) is 25.4 Å². The van der Waals surface area contributed by atoms with Gasteiger partial charge in [0.15, 0.2) is 0 Å². The highest BCUT2D eigenvalue weighted by molar-refractivity contribution is 9.10. The third-order valence-electron chi connectivity index (χ3n) is 3.71. The molecular weight excluding hydrogens is 333 g/mol. The molecule has 0 bridgehead atoms. The highest BCUT2D eigenvalue weighted by Gasteiger charge is 2.31. The third-order valence-corrected chi connectivity index (χ3v) is 4.34. The second-order valence-electron chi connectivity index (χ2n) is 5.20. The molecule has 2 rings (SSSR count). The van der Waals surface area contributed by atoms with Gasteiger partial charge in [-0.2, -0.15) is 13.2 Å². The molecule has 1 atom stereocenters. The Morgan fingerprint density at radius 2 is 2.10 bits per heavy atom. The van der Waals surface area contributed by atoms with Crippen LogP contribution in [0.15, 0.2) is 22.7 Å². The summed E-state index contributed by atoms with van der Waals surface area (Å²) in [5.74, 6) is 0.531. The van der Waals surface area contributed by atoms with Crippen molar-refractivity contribution in [3.8, 4) is 0 Å². The van der Waals surface area contributed by atoms with Gasteiger partial charge < -0.3 is 10.6 Å². The molecule has 1 aliphatic heterocycles. The fourth-order valence-corrected chi connectivity index (χ4v) is 3.32. The molecule has 1 heterocycles. The molecule has 2 N–H and O–H groups in total. The Kier molecular flexibility index (Phi) is 4.96. The van der Waals surface area contributed by atoms with E-state index in [2.05, 4.69) is 20.8 Å². The second kappa shape index (κ2) is 6.35. The smallest absolute Gasteiger partial charge is 0.370 e. The molecule has 1 aliphatic rings. The molecule has 6 heteroatoms. The summed E-state index contributed by atoms with van der Waals surface area (Å²) in [5, 5.41) is 0. The number of benzene rings is 1. The fourth-order valence-electron chi connectivity index (χ4n) is 2.69. The first kappa shape index (κ1) is 15.6. The lowest BCUT2D eigenvalue weighted by Crippen LogP contribution is -2.36. The normalized spacial score (nSPS) is 20.2. The zero-order valence-electron chi connectivity index (χ0n) is 11.1. The Labute approximate surface area is 125 Å². The summed E-state index contributed by atoms with van der Waals surface area (Å²) in [6.07, 6.45) is -1.14. The molecule has 0 aromatic heterocycles. The van der Waals surface area contributed by atoms with E-state index in [1.165, 1.54) is 0 Å². The summed E-state index contributed by atoms with van der Waals surface area (Å²) >= 11 is 3.27. The first-order valence-corrected chi connectivity index (χ1v) is 7.53. The van der Waals surface area contributed by atoms with Crippen LogP contribution in [0.2, 0.25) is 0 Å². The van der Waals surface area contributed by atoms with E-state index in [-0.39, 0.29) is 0 Å². The molecule has 0 saturated carbocycles. The number of hydrogen-bond acceptors (Lipinski definition) is 2. The van der Waals surface area contributed by atoms with E-state index in [0.717, 1.165) is 50.2 Å². The summed E-state index contributed by atoms with van der Waals surface area (Å²) in [6, 6.07) is 3.85. The Bertz CT molecular complexity index is 460. The molecule has 112 valence electrons. The maximum absolute atomic E-state index is 12.7. The number of alkyl halides is 3. The predicted molar refractivity (Wildman–Crippen MR) is 77.8 cm³/mol. The van der Waals surface area contributed by atoms with E-state index in [9.17, 15) is 13.2 Å². The summed E-state index contributed by atoms with van der Waals surface area (Å²) < 4.78 is 38.5. The van der Waals surface area contributed by atoms with Gasteiger partial charge in [-0.25, -0.2) is 0 Å². The van der Waals surface area contributed by atoms with Crippen LogP contribution in [0.3, 0.4) is 0 Å². The molecule has 1 aromatic rings. The van der Waals surface area contributed by atoms with Crippen molar-refractivity contribution in [2.75, 3.05) is 24.5 Å². The van der Waals surface area contributed by atoms with Crippen molar-refractivity contribution in [1.82, 2.24) is 0 Å². The Hall–Kier alpha value is -0.750. The monoisotopic (exact) mass is 350 g/mol.